The van der Waals surface area contributed by atoms with Crippen LogP contribution in [-0.4, -0.2) is 55.1 Å². The van der Waals surface area contributed by atoms with Crippen LogP contribution in [0.1, 0.15) is 12.8 Å². The van der Waals surface area contributed by atoms with Gasteiger partial charge in [0.1, 0.15) is 6.10 Å². The summed E-state index contributed by atoms with van der Waals surface area (Å²) in [6, 6.07) is 0. The molecule has 0 aliphatic carbocycles. The Morgan fingerprint density at radius 2 is 2.38 bits per heavy atom. The van der Waals surface area contributed by atoms with Gasteiger partial charge in [0, 0.05) is 19.6 Å². The first-order valence-electron chi connectivity index (χ1n) is 5.61. The van der Waals surface area contributed by atoms with Gasteiger partial charge in [-0.15, -0.1) is 0 Å². The Balaban J connectivity index is 1.89. The molecule has 0 spiro atoms. The standard InChI is InChI=1S/C10H17N3O3/c11-5-7-1-2-8(16-7)10(15)13-4-3-12-9(14)6-13/h7-8H,1-6,11H2,(H,12,14). The summed E-state index contributed by atoms with van der Waals surface area (Å²) >= 11 is 0. The van der Waals surface area contributed by atoms with Gasteiger partial charge in [-0.2, -0.15) is 0 Å². The van der Waals surface area contributed by atoms with E-state index < -0.39 is 6.10 Å². The van der Waals surface area contributed by atoms with Crippen LogP contribution in [0.4, 0.5) is 0 Å². The number of nitrogens with zero attached hydrogens (tertiary/aromatic N) is 1. The number of amides is 2. The Kier molecular flexibility index (Phi) is 3.40. The number of ether oxygens (including phenoxy) is 1. The third kappa shape index (κ3) is 2.33. The number of piperazine rings is 1. The molecular formula is C10H17N3O3. The van der Waals surface area contributed by atoms with Gasteiger partial charge in [0.25, 0.3) is 5.91 Å². The van der Waals surface area contributed by atoms with E-state index in [4.69, 9.17) is 10.5 Å². The zero-order chi connectivity index (χ0) is 11.5. The van der Waals surface area contributed by atoms with E-state index in [0.717, 1.165) is 6.42 Å². The minimum Gasteiger partial charge on any atom is -0.364 e. The van der Waals surface area contributed by atoms with Gasteiger partial charge < -0.3 is 20.7 Å². The van der Waals surface area contributed by atoms with Gasteiger partial charge in [-0.25, -0.2) is 0 Å². The number of hydrogen-bond donors (Lipinski definition) is 2. The summed E-state index contributed by atoms with van der Waals surface area (Å²) in [6.45, 7) is 1.69. The quantitative estimate of drug-likeness (QED) is 0.598. The molecule has 2 rings (SSSR count). The summed E-state index contributed by atoms with van der Waals surface area (Å²) in [5, 5.41) is 2.68. The highest BCUT2D eigenvalue weighted by Gasteiger charge is 2.34. The van der Waals surface area contributed by atoms with Crippen LogP contribution in [0.15, 0.2) is 0 Å². The van der Waals surface area contributed by atoms with Crippen molar-refractivity contribution >= 4 is 11.8 Å². The number of carbonyl (C=O) groups is 2. The molecule has 16 heavy (non-hydrogen) atoms. The maximum Gasteiger partial charge on any atom is 0.252 e. The first-order chi connectivity index (χ1) is 7.70. The maximum atomic E-state index is 12.0. The molecule has 6 heteroatoms. The summed E-state index contributed by atoms with van der Waals surface area (Å²) in [7, 11) is 0. The zero-order valence-electron chi connectivity index (χ0n) is 9.15. The second kappa shape index (κ2) is 4.80. The zero-order valence-corrected chi connectivity index (χ0v) is 9.15. The van der Waals surface area contributed by atoms with E-state index in [-0.39, 0.29) is 24.5 Å². The molecule has 2 atom stereocenters. The Morgan fingerprint density at radius 3 is 3.00 bits per heavy atom. The van der Waals surface area contributed by atoms with Crippen LogP contribution in [0.25, 0.3) is 0 Å². The molecule has 0 aromatic carbocycles. The predicted octanol–water partition coefficient (Wildman–Crippen LogP) is -1.55. The van der Waals surface area contributed by atoms with Crippen LogP contribution in [0.3, 0.4) is 0 Å². The second-order valence-electron chi connectivity index (χ2n) is 4.17. The number of hydrogen-bond acceptors (Lipinski definition) is 4. The monoisotopic (exact) mass is 227 g/mol. The van der Waals surface area contributed by atoms with Crippen LogP contribution in [-0.2, 0) is 14.3 Å². The highest BCUT2D eigenvalue weighted by atomic mass is 16.5. The molecule has 2 aliphatic heterocycles. The molecule has 6 nitrogen and oxygen atoms in total. The van der Waals surface area contributed by atoms with Gasteiger partial charge in [-0.3, -0.25) is 9.59 Å². The minimum absolute atomic E-state index is 0.00688. The lowest BCUT2D eigenvalue weighted by molar-refractivity contribution is -0.147. The van der Waals surface area contributed by atoms with E-state index in [2.05, 4.69) is 5.32 Å². The van der Waals surface area contributed by atoms with Gasteiger partial charge in [-0.1, -0.05) is 0 Å². The van der Waals surface area contributed by atoms with Crippen molar-refractivity contribution in [1.29, 1.82) is 0 Å². The van der Waals surface area contributed by atoms with Crippen molar-refractivity contribution in [2.45, 2.75) is 25.0 Å². The number of rotatable bonds is 2. The SMILES string of the molecule is NCC1CCC(C(=O)N2CCNC(=O)C2)O1. The first kappa shape index (κ1) is 11.3. The largest absolute Gasteiger partial charge is 0.364 e. The van der Waals surface area contributed by atoms with Gasteiger partial charge in [0.2, 0.25) is 5.91 Å². The summed E-state index contributed by atoms with van der Waals surface area (Å²) in [5.41, 5.74) is 5.48. The molecule has 2 heterocycles. The Hall–Kier alpha value is -1.14. The lowest BCUT2D eigenvalue weighted by Gasteiger charge is -2.28. The normalized spacial score (nSPS) is 30.3. The van der Waals surface area contributed by atoms with E-state index >= 15 is 0 Å². The van der Waals surface area contributed by atoms with Gasteiger partial charge in [0.05, 0.1) is 12.6 Å². The third-order valence-electron chi connectivity index (χ3n) is 3.00. The molecule has 0 aromatic rings. The number of carbonyl (C=O) groups excluding carboxylic acids is 2. The van der Waals surface area contributed by atoms with Gasteiger partial charge >= 0.3 is 0 Å². The molecule has 0 saturated carbocycles. The molecule has 2 fully saturated rings. The van der Waals surface area contributed by atoms with Crippen molar-refractivity contribution in [2.24, 2.45) is 5.73 Å². The van der Waals surface area contributed by atoms with Gasteiger partial charge in [0.15, 0.2) is 0 Å². The lowest BCUT2D eigenvalue weighted by atomic mass is 10.1. The molecular weight excluding hydrogens is 210 g/mol. The van der Waals surface area contributed by atoms with Crippen molar-refractivity contribution in [1.82, 2.24) is 10.2 Å². The highest BCUT2D eigenvalue weighted by molar-refractivity contribution is 5.88. The molecule has 2 unspecified atom stereocenters. The molecule has 2 saturated heterocycles. The van der Waals surface area contributed by atoms with E-state index in [9.17, 15) is 9.59 Å². The third-order valence-corrected chi connectivity index (χ3v) is 3.00. The highest BCUT2D eigenvalue weighted by Crippen LogP contribution is 2.20. The fourth-order valence-corrected chi connectivity index (χ4v) is 2.09. The summed E-state index contributed by atoms with van der Waals surface area (Å²) in [6.07, 6.45) is 1.12. The second-order valence-corrected chi connectivity index (χ2v) is 4.17. The van der Waals surface area contributed by atoms with Crippen LogP contribution >= 0.6 is 0 Å². The Bertz CT molecular complexity index is 295. The molecule has 3 N–H and O–H groups in total. The first-order valence-corrected chi connectivity index (χ1v) is 5.61. The minimum atomic E-state index is -0.403. The fraction of sp³-hybridized carbons (Fsp3) is 0.800. The summed E-state index contributed by atoms with van der Waals surface area (Å²) in [5.74, 6) is -0.182. The van der Waals surface area contributed by atoms with Crippen LogP contribution in [0.2, 0.25) is 0 Å². The van der Waals surface area contributed by atoms with Crippen molar-refractivity contribution in [3.05, 3.63) is 0 Å². The Morgan fingerprint density at radius 1 is 1.56 bits per heavy atom. The summed E-state index contributed by atoms with van der Waals surface area (Å²) in [4.78, 5) is 24.7. The van der Waals surface area contributed by atoms with Gasteiger partial charge in [-0.05, 0) is 12.8 Å². The van der Waals surface area contributed by atoms with Crippen LogP contribution in [0.5, 0.6) is 0 Å². The van der Waals surface area contributed by atoms with E-state index in [1.54, 1.807) is 4.90 Å². The molecule has 0 bridgehead atoms. The fourth-order valence-electron chi connectivity index (χ4n) is 2.09. The molecule has 2 amide bonds. The lowest BCUT2D eigenvalue weighted by Crippen LogP contribution is -2.52. The number of nitrogens with two attached hydrogens (primary N) is 1. The van der Waals surface area contributed by atoms with E-state index in [1.165, 1.54) is 0 Å². The van der Waals surface area contributed by atoms with Crippen molar-refractivity contribution in [3.8, 4) is 0 Å². The molecule has 0 aromatic heterocycles. The van der Waals surface area contributed by atoms with Crippen LogP contribution in [0, 0.1) is 0 Å². The van der Waals surface area contributed by atoms with E-state index in [1.807, 2.05) is 0 Å². The van der Waals surface area contributed by atoms with E-state index in [0.29, 0.717) is 26.1 Å². The van der Waals surface area contributed by atoms with Crippen molar-refractivity contribution < 1.29 is 14.3 Å². The topological polar surface area (TPSA) is 84.7 Å². The molecule has 2 aliphatic rings. The number of nitrogens with one attached hydrogen (secondary N) is 1. The van der Waals surface area contributed by atoms with Crippen molar-refractivity contribution in [2.75, 3.05) is 26.2 Å². The smallest absolute Gasteiger partial charge is 0.252 e. The Labute approximate surface area is 94.1 Å². The summed E-state index contributed by atoms with van der Waals surface area (Å²) < 4.78 is 5.51. The van der Waals surface area contributed by atoms with Crippen LogP contribution < -0.4 is 11.1 Å². The van der Waals surface area contributed by atoms with Crippen molar-refractivity contribution in [3.63, 3.8) is 0 Å². The molecule has 0 radical (unpaired) electrons. The molecule has 90 valence electrons. The predicted molar refractivity (Wildman–Crippen MR) is 56.5 cm³/mol. The average Bonchev–Trinajstić information content (AvgIpc) is 2.76. The average molecular weight is 227 g/mol. The maximum absolute atomic E-state index is 12.0.